The predicted molar refractivity (Wildman–Crippen MR) is 93.9 cm³/mol. The highest BCUT2D eigenvalue weighted by Gasteiger charge is 2.36. The van der Waals surface area contributed by atoms with Crippen molar-refractivity contribution in [3.8, 4) is 0 Å². The maximum atomic E-state index is 12.7. The summed E-state index contributed by atoms with van der Waals surface area (Å²) >= 11 is 1.66. The third-order valence-electron chi connectivity index (χ3n) is 4.46. The van der Waals surface area contributed by atoms with Gasteiger partial charge in [-0.25, -0.2) is 0 Å². The minimum atomic E-state index is -0.267. The molecule has 0 aromatic heterocycles. The molecule has 2 heterocycles. The van der Waals surface area contributed by atoms with E-state index in [1.807, 2.05) is 23.1 Å². The molecule has 0 N–H and O–H groups in total. The van der Waals surface area contributed by atoms with Crippen LogP contribution in [0.25, 0.3) is 6.08 Å². The Bertz CT molecular complexity index is 605. The van der Waals surface area contributed by atoms with Gasteiger partial charge in [-0.15, -0.1) is 11.8 Å². The molecule has 23 heavy (non-hydrogen) atoms. The van der Waals surface area contributed by atoms with Gasteiger partial charge in [-0.3, -0.25) is 9.59 Å². The molecule has 2 amide bonds. The standard InChI is InChI=1S/C18H22N2O2S/c1-14(21)20-13-23-12-17(20)18(22)19-9-7-16(8-10-19)11-15-5-3-2-4-6-15/h2-6,11,17H,7-10,12-13H2,1H3/t17-/m0/s1. The Kier molecular flexibility index (Phi) is 5.06. The molecule has 2 aliphatic heterocycles. The van der Waals surface area contributed by atoms with Gasteiger partial charge >= 0.3 is 0 Å². The molecule has 4 nitrogen and oxygen atoms in total. The van der Waals surface area contributed by atoms with Crippen molar-refractivity contribution in [1.82, 2.24) is 9.80 Å². The van der Waals surface area contributed by atoms with Crippen LogP contribution in [0.1, 0.15) is 25.3 Å². The smallest absolute Gasteiger partial charge is 0.246 e. The van der Waals surface area contributed by atoms with Gasteiger partial charge < -0.3 is 9.80 Å². The number of carbonyl (C=O) groups excluding carboxylic acids is 2. The second-order valence-corrected chi connectivity index (χ2v) is 7.04. The van der Waals surface area contributed by atoms with Crippen LogP contribution in [-0.2, 0) is 9.59 Å². The van der Waals surface area contributed by atoms with E-state index in [0.29, 0.717) is 5.88 Å². The second-order valence-electron chi connectivity index (χ2n) is 6.04. The lowest BCUT2D eigenvalue weighted by Crippen LogP contribution is -2.50. The number of carbonyl (C=O) groups is 2. The third-order valence-corrected chi connectivity index (χ3v) is 5.47. The average Bonchev–Trinajstić information content (AvgIpc) is 3.06. The van der Waals surface area contributed by atoms with Crippen molar-refractivity contribution in [3.05, 3.63) is 41.5 Å². The van der Waals surface area contributed by atoms with Crippen molar-refractivity contribution in [2.24, 2.45) is 0 Å². The van der Waals surface area contributed by atoms with Crippen LogP contribution in [0.2, 0.25) is 0 Å². The Morgan fingerprint density at radius 1 is 1.17 bits per heavy atom. The van der Waals surface area contributed by atoms with Crippen LogP contribution in [0, 0.1) is 0 Å². The zero-order chi connectivity index (χ0) is 16.2. The molecule has 0 radical (unpaired) electrons. The molecule has 1 aromatic rings. The van der Waals surface area contributed by atoms with Gasteiger partial charge in [-0.1, -0.05) is 42.0 Å². The maximum absolute atomic E-state index is 12.7. The van der Waals surface area contributed by atoms with Crippen LogP contribution < -0.4 is 0 Å². The number of hydrogen-bond acceptors (Lipinski definition) is 3. The zero-order valence-corrected chi connectivity index (χ0v) is 14.2. The van der Waals surface area contributed by atoms with E-state index in [4.69, 9.17) is 0 Å². The highest BCUT2D eigenvalue weighted by atomic mass is 32.2. The van der Waals surface area contributed by atoms with Crippen molar-refractivity contribution >= 4 is 29.7 Å². The molecule has 2 aliphatic rings. The quantitative estimate of drug-likeness (QED) is 0.837. The summed E-state index contributed by atoms with van der Waals surface area (Å²) in [5.41, 5.74) is 2.61. The average molecular weight is 330 g/mol. The minimum absolute atomic E-state index is 0.00461. The van der Waals surface area contributed by atoms with Crippen molar-refractivity contribution in [1.29, 1.82) is 0 Å². The largest absolute Gasteiger partial charge is 0.340 e. The number of piperidine rings is 1. The van der Waals surface area contributed by atoms with Crippen molar-refractivity contribution in [2.75, 3.05) is 24.7 Å². The summed E-state index contributed by atoms with van der Waals surface area (Å²) in [7, 11) is 0. The Morgan fingerprint density at radius 3 is 2.52 bits per heavy atom. The summed E-state index contributed by atoms with van der Waals surface area (Å²) in [4.78, 5) is 27.9. The molecule has 1 aromatic carbocycles. The van der Waals surface area contributed by atoms with Crippen molar-refractivity contribution in [2.45, 2.75) is 25.8 Å². The van der Waals surface area contributed by atoms with Crippen molar-refractivity contribution < 1.29 is 9.59 Å². The summed E-state index contributed by atoms with van der Waals surface area (Å²) in [6.07, 6.45) is 4.07. The fourth-order valence-corrected chi connectivity index (χ4v) is 4.32. The van der Waals surface area contributed by atoms with Gasteiger partial charge in [0.15, 0.2) is 0 Å². The zero-order valence-electron chi connectivity index (χ0n) is 13.4. The molecule has 2 fully saturated rings. The lowest BCUT2D eigenvalue weighted by molar-refractivity contribution is -0.142. The van der Waals surface area contributed by atoms with E-state index in [9.17, 15) is 9.59 Å². The molecule has 0 saturated carbocycles. The molecule has 122 valence electrons. The Morgan fingerprint density at radius 2 is 1.87 bits per heavy atom. The summed E-state index contributed by atoms with van der Waals surface area (Å²) in [6, 6.07) is 10.0. The number of benzene rings is 1. The van der Waals surface area contributed by atoms with E-state index >= 15 is 0 Å². The summed E-state index contributed by atoms with van der Waals surface area (Å²) in [5, 5.41) is 0. The first-order valence-electron chi connectivity index (χ1n) is 8.03. The number of nitrogens with zero attached hydrogens (tertiary/aromatic N) is 2. The lowest BCUT2D eigenvalue weighted by Gasteiger charge is -2.32. The molecular formula is C18H22N2O2S. The fraction of sp³-hybridized carbons (Fsp3) is 0.444. The monoisotopic (exact) mass is 330 g/mol. The fourth-order valence-electron chi connectivity index (χ4n) is 3.11. The summed E-state index contributed by atoms with van der Waals surface area (Å²) in [6.45, 7) is 3.05. The molecule has 0 bridgehead atoms. The van der Waals surface area contributed by atoms with E-state index in [0.717, 1.165) is 31.7 Å². The van der Waals surface area contributed by atoms with Crippen LogP contribution in [0.3, 0.4) is 0 Å². The Labute approximate surface area is 141 Å². The van der Waals surface area contributed by atoms with Gasteiger partial charge in [0.05, 0.1) is 5.88 Å². The first-order chi connectivity index (χ1) is 11.1. The van der Waals surface area contributed by atoms with Gasteiger partial charge in [-0.05, 0) is 18.4 Å². The van der Waals surface area contributed by atoms with Gasteiger partial charge in [0.25, 0.3) is 0 Å². The van der Waals surface area contributed by atoms with E-state index < -0.39 is 0 Å². The molecular weight excluding hydrogens is 308 g/mol. The molecule has 1 atom stereocenters. The van der Waals surface area contributed by atoms with Gasteiger partial charge in [-0.2, -0.15) is 0 Å². The van der Waals surface area contributed by atoms with Crippen LogP contribution in [0.15, 0.2) is 35.9 Å². The topological polar surface area (TPSA) is 40.6 Å². The molecule has 0 unspecified atom stereocenters. The van der Waals surface area contributed by atoms with E-state index in [1.54, 1.807) is 23.6 Å². The molecule has 2 saturated heterocycles. The number of amides is 2. The predicted octanol–water partition coefficient (Wildman–Crippen LogP) is 2.61. The molecule has 0 spiro atoms. The number of rotatable bonds is 2. The van der Waals surface area contributed by atoms with Gasteiger partial charge in [0.1, 0.15) is 6.04 Å². The maximum Gasteiger partial charge on any atom is 0.246 e. The second kappa shape index (κ2) is 7.21. The molecule has 3 rings (SSSR count). The SMILES string of the molecule is CC(=O)N1CSC[C@H]1C(=O)N1CCC(=Cc2ccccc2)CC1. The number of thioether (sulfide) groups is 1. The normalized spacial score (nSPS) is 21.4. The molecule has 0 aliphatic carbocycles. The highest BCUT2D eigenvalue weighted by molar-refractivity contribution is 7.99. The molecule has 5 heteroatoms. The number of hydrogen-bond donors (Lipinski definition) is 0. The van der Waals surface area contributed by atoms with Crippen LogP contribution in [0.4, 0.5) is 0 Å². The minimum Gasteiger partial charge on any atom is -0.340 e. The Balaban J connectivity index is 1.59. The summed E-state index contributed by atoms with van der Waals surface area (Å²) < 4.78 is 0. The highest BCUT2D eigenvalue weighted by Crippen LogP contribution is 2.25. The van der Waals surface area contributed by atoms with Gasteiger partial charge in [0, 0.05) is 25.8 Å². The van der Waals surface area contributed by atoms with E-state index in [1.165, 1.54) is 11.1 Å². The first kappa shape index (κ1) is 16.1. The third kappa shape index (κ3) is 3.78. The van der Waals surface area contributed by atoms with Crippen molar-refractivity contribution in [3.63, 3.8) is 0 Å². The van der Waals surface area contributed by atoms with Crippen LogP contribution >= 0.6 is 11.8 Å². The van der Waals surface area contributed by atoms with E-state index in [2.05, 4.69) is 18.2 Å². The lowest BCUT2D eigenvalue weighted by atomic mass is 10.0. The Hall–Kier alpha value is -1.75. The van der Waals surface area contributed by atoms with Gasteiger partial charge in [0.2, 0.25) is 11.8 Å². The van der Waals surface area contributed by atoms with Crippen LogP contribution in [0.5, 0.6) is 0 Å². The summed E-state index contributed by atoms with van der Waals surface area (Å²) in [5.74, 6) is 1.47. The van der Waals surface area contributed by atoms with Crippen LogP contribution in [-0.4, -0.2) is 52.4 Å². The van der Waals surface area contributed by atoms with E-state index in [-0.39, 0.29) is 17.9 Å². The number of likely N-dealkylation sites (tertiary alicyclic amines) is 1. The first-order valence-corrected chi connectivity index (χ1v) is 9.19.